The Hall–Kier alpha value is -0.707. The Labute approximate surface area is 231 Å². The van der Waals surface area contributed by atoms with Crippen LogP contribution in [0.15, 0.2) is 72.0 Å². The molecule has 0 bridgehead atoms. The minimum absolute atomic E-state index is 0. The van der Waals surface area contributed by atoms with Crippen LogP contribution in [0.25, 0.3) is 17.2 Å². The molecule has 0 N–H and O–H groups in total. The van der Waals surface area contributed by atoms with Gasteiger partial charge in [-0.05, 0) is 0 Å². The van der Waals surface area contributed by atoms with Gasteiger partial charge in [0.25, 0.3) is 0 Å². The number of rotatable bonds is 9. The van der Waals surface area contributed by atoms with Gasteiger partial charge >= 0.3 is 208 Å². The van der Waals surface area contributed by atoms with Crippen molar-refractivity contribution in [2.24, 2.45) is 0 Å². The second-order valence-corrected chi connectivity index (χ2v) is 15.1. The Morgan fingerprint density at radius 2 is 1.47 bits per heavy atom. The summed E-state index contributed by atoms with van der Waals surface area (Å²) in [4.78, 5) is 0. The Kier molecular flexibility index (Phi) is 10.7. The molecular formula is C30H33Cl2PZr. The van der Waals surface area contributed by atoms with Gasteiger partial charge < -0.3 is 24.8 Å². The van der Waals surface area contributed by atoms with Gasteiger partial charge in [0, 0.05) is 0 Å². The van der Waals surface area contributed by atoms with Crippen molar-refractivity contribution >= 4 is 17.3 Å². The fraction of sp³-hybridized carbons (Fsp3) is 0.333. The van der Waals surface area contributed by atoms with Crippen molar-refractivity contribution in [1.82, 2.24) is 0 Å². The molecule has 0 aliphatic heterocycles. The molecule has 0 amide bonds. The molecule has 1 atom stereocenters. The molecule has 2 aliphatic carbocycles. The van der Waals surface area contributed by atoms with E-state index in [1.54, 1.807) is 14.4 Å². The fourth-order valence-corrected chi connectivity index (χ4v) is 13.7. The van der Waals surface area contributed by atoms with E-state index < -0.39 is 23.2 Å². The standard InChI is InChI=1S/C17H24P.C13H9.2ClH.Zr/c1-3-5-11-18(12-6-4-2)17-13-15-9-7-8-10-16(15)14-17;1-3-7-12-10(5-1)9-11-6-2-4-8-13(11)12;;;/h7-10,13-14H,3-6,11-12H2,1-2H3;1-5,7-8H,9H2;2*1H;/q;;;;+2/p-2. The van der Waals surface area contributed by atoms with Crippen molar-refractivity contribution in [3.8, 4) is 11.1 Å². The maximum absolute atomic E-state index is 2.63. The molecule has 2 aliphatic rings. The summed E-state index contributed by atoms with van der Waals surface area (Å²) >= 11 is -0.831. The zero-order chi connectivity index (χ0) is 21.9. The molecule has 34 heavy (non-hydrogen) atoms. The number of allylic oxidation sites excluding steroid dienone is 1. The molecule has 0 spiro atoms. The Balaban J connectivity index is 0.00000162. The zero-order valence-electron chi connectivity index (χ0n) is 20.2. The van der Waals surface area contributed by atoms with Crippen LogP contribution in [-0.4, -0.2) is 12.3 Å². The maximum Gasteiger partial charge on any atom is -1.00 e. The van der Waals surface area contributed by atoms with E-state index in [2.05, 4.69) is 86.7 Å². The summed E-state index contributed by atoms with van der Waals surface area (Å²) in [5.41, 5.74) is 9.31. The second-order valence-electron chi connectivity index (χ2n) is 9.14. The summed E-state index contributed by atoms with van der Waals surface area (Å²) in [6.07, 6.45) is 12.0. The summed E-state index contributed by atoms with van der Waals surface area (Å²) in [6, 6.07) is 25.5. The molecule has 3 aromatic carbocycles. The third kappa shape index (κ3) is 5.65. The van der Waals surface area contributed by atoms with Gasteiger partial charge in [-0.2, -0.15) is 0 Å². The summed E-state index contributed by atoms with van der Waals surface area (Å²) < 4.78 is 2.46. The van der Waals surface area contributed by atoms with Gasteiger partial charge in [0.1, 0.15) is 0 Å². The van der Waals surface area contributed by atoms with Crippen molar-refractivity contribution in [3.05, 3.63) is 94.3 Å². The average molecular weight is 587 g/mol. The van der Waals surface area contributed by atoms with Crippen LogP contribution in [0.3, 0.4) is 0 Å². The van der Waals surface area contributed by atoms with E-state index in [4.69, 9.17) is 0 Å². The molecule has 5 rings (SSSR count). The van der Waals surface area contributed by atoms with Crippen molar-refractivity contribution in [3.63, 3.8) is 0 Å². The molecule has 0 saturated carbocycles. The van der Waals surface area contributed by atoms with Gasteiger partial charge in [0.2, 0.25) is 0 Å². The number of hydrogen-bond acceptors (Lipinski definition) is 0. The van der Waals surface area contributed by atoms with Crippen LogP contribution in [0.2, 0.25) is 0 Å². The molecule has 176 valence electrons. The number of fused-ring (bicyclic) bond motifs is 4. The quantitative estimate of drug-likeness (QED) is 0.264. The molecule has 0 nitrogen and oxygen atoms in total. The van der Waals surface area contributed by atoms with Gasteiger partial charge in [0.15, 0.2) is 0 Å². The molecule has 0 radical (unpaired) electrons. The maximum atomic E-state index is 2.63. The SMILES string of the molecule is CCCCP(CCCC)C1=Cc2ccccc2[CH]1[Zr+2][c]1cccc2c1Cc1ccccc1-2.[Cl-].[Cl-]. The normalized spacial score (nSPS) is 14.9. The van der Waals surface area contributed by atoms with Crippen LogP contribution in [-0.2, 0) is 29.7 Å². The van der Waals surface area contributed by atoms with E-state index in [0.717, 1.165) is 10.0 Å². The monoisotopic (exact) mass is 584 g/mol. The molecule has 0 heterocycles. The molecule has 1 unspecified atom stereocenters. The van der Waals surface area contributed by atoms with E-state index in [0.29, 0.717) is 0 Å². The summed E-state index contributed by atoms with van der Waals surface area (Å²) in [5, 5.41) is 1.85. The minimum atomic E-state index is -0.831. The average Bonchev–Trinajstić information content (AvgIpc) is 3.39. The molecule has 0 saturated heterocycles. The number of halogens is 2. The van der Waals surface area contributed by atoms with E-state index in [1.807, 2.05) is 5.31 Å². The van der Waals surface area contributed by atoms with Crippen LogP contribution in [0.5, 0.6) is 0 Å². The van der Waals surface area contributed by atoms with Crippen molar-refractivity contribution < 1.29 is 48.0 Å². The molecular weight excluding hydrogens is 553 g/mol. The molecule has 3 aromatic rings. The first-order valence-corrected chi connectivity index (χ1v) is 16.7. The van der Waals surface area contributed by atoms with E-state index >= 15 is 0 Å². The van der Waals surface area contributed by atoms with E-state index in [9.17, 15) is 0 Å². The third-order valence-corrected chi connectivity index (χ3v) is 14.6. The van der Waals surface area contributed by atoms with Gasteiger partial charge in [-0.1, -0.05) is 0 Å². The Morgan fingerprint density at radius 1 is 0.794 bits per heavy atom. The van der Waals surface area contributed by atoms with Crippen LogP contribution in [0, 0.1) is 0 Å². The first-order valence-electron chi connectivity index (χ1n) is 12.3. The van der Waals surface area contributed by atoms with Crippen LogP contribution in [0.4, 0.5) is 0 Å². The van der Waals surface area contributed by atoms with Crippen LogP contribution in [0.1, 0.15) is 65.4 Å². The predicted octanol–water partition coefficient (Wildman–Crippen LogP) is 2.15. The minimum Gasteiger partial charge on any atom is -1.00 e. The summed E-state index contributed by atoms with van der Waals surface area (Å²) in [7, 11) is -0.00433. The smallest absolute Gasteiger partial charge is 1.00 e. The zero-order valence-corrected chi connectivity index (χ0v) is 25.0. The van der Waals surface area contributed by atoms with E-state index in [-0.39, 0.29) is 32.7 Å². The first-order chi connectivity index (χ1) is 15.8. The van der Waals surface area contributed by atoms with Crippen LogP contribution < -0.4 is 28.1 Å². The van der Waals surface area contributed by atoms with Gasteiger partial charge in [-0.15, -0.1) is 0 Å². The van der Waals surface area contributed by atoms with Crippen molar-refractivity contribution in [1.29, 1.82) is 0 Å². The number of unbranched alkanes of at least 4 members (excludes halogenated alkanes) is 2. The van der Waals surface area contributed by atoms with Gasteiger partial charge in [0.05, 0.1) is 0 Å². The molecule has 0 aromatic heterocycles. The topological polar surface area (TPSA) is 0 Å². The summed E-state index contributed by atoms with van der Waals surface area (Å²) in [5.74, 6) is 0. The van der Waals surface area contributed by atoms with Gasteiger partial charge in [-0.25, -0.2) is 0 Å². The van der Waals surface area contributed by atoms with Crippen LogP contribution >= 0.6 is 7.92 Å². The first kappa shape index (κ1) is 27.9. The number of hydrogen-bond donors (Lipinski definition) is 0. The van der Waals surface area contributed by atoms with Crippen molar-refractivity contribution in [2.75, 3.05) is 12.3 Å². The second kappa shape index (κ2) is 13.0. The molecule has 0 fully saturated rings. The van der Waals surface area contributed by atoms with Crippen molar-refractivity contribution in [2.45, 2.75) is 49.6 Å². The fourth-order valence-electron chi connectivity index (χ4n) is 5.25. The Morgan fingerprint density at radius 3 is 2.24 bits per heavy atom. The number of benzene rings is 3. The largest absolute Gasteiger partial charge is 1.00 e. The van der Waals surface area contributed by atoms with E-state index in [1.165, 1.54) is 60.3 Å². The molecule has 4 heteroatoms. The third-order valence-electron chi connectivity index (χ3n) is 6.99. The summed E-state index contributed by atoms with van der Waals surface area (Å²) in [6.45, 7) is 4.70. The predicted molar refractivity (Wildman–Crippen MR) is 138 cm³/mol. The van der Waals surface area contributed by atoms with Gasteiger partial charge in [-0.3, -0.25) is 0 Å². The Bertz CT molecular complexity index is 1130.